The van der Waals surface area contributed by atoms with E-state index in [0.29, 0.717) is 6.04 Å². The van der Waals surface area contributed by atoms with Crippen LogP contribution in [0.1, 0.15) is 48.0 Å². The molecule has 1 aromatic carbocycles. The van der Waals surface area contributed by atoms with Crippen LogP contribution in [0.15, 0.2) is 42.5 Å². The Morgan fingerprint density at radius 3 is 2.40 bits per heavy atom. The summed E-state index contributed by atoms with van der Waals surface area (Å²) in [7, 11) is 0. The SMILES string of the molecule is CCNC(CCCc1ccc(CC)s1)c1ccccc1. The van der Waals surface area contributed by atoms with E-state index in [4.69, 9.17) is 0 Å². The van der Waals surface area contributed by atoms with E-state index in [9.17, 15) is 0 Å². The van der Waals surface area contributed by atoms with Crippen molar-refractivity contribution in [3.63, 3.8) is 0 Å². The van der Waals surface area contributed by atoms with E-state index >= 15 is 0 Å². The van der Waals surface area contributed by atoms with Crippen LogP contribution < -0.4 is 5.32 Å². The van der Waals surface area contributed by atoms with Gasteiger partial charge in [0.1, 0.15) is 0 Å². The second-order valence-corrected chi connectivity index (χ2v) is 6.39. The van der Waals surface area contributed by atoms with E-state index < -0.39 is 0 Å². The molecule has 0 saturated carbocycles. The fraction of sp³-hybridized carbons (Fsp3) is 0.444. The Kier molecular flexibility index (Phi) is 6.28. The lowest BCUT2D eigenvalue weighted by Gasteiger charge is -2.18. The zero-order valence-electron chi connectivity index (χ0n) is 12.6. The van der Waals surface area contributed by atoms with E-state index in [2.05, 4.69) is 61.6 Å². The summed E-state index contributed by atoms with van der Waals surface area (Å²) in [5.74, 6) is 0. The summed E-state index contributed by atoms with van der Waals surface area (Å²) in [5.41, 5.74) is 1.41. The topological polar surface area (TPSA) is 12.0 Å². The molecule has 2 aromatic rings. The van der Waals surface area contributed by atoms with Crippen LogP contribution in [-0.2, 0) is 12.8 Å². The third kappa shape index (κ3) is 4.46. The highest BCUT2D eigenvalue weighted by atomic mass is 32.1. The standard InChI is InChI=1S/C18H25NS/c1-3-16-13-14-17(20-16)11-8-12-18(19-4-2)15-9-6-5-7-10-15/h5-7,9-10,13-14,18-19H,3-4,8,11-12H2,1-2H3. The summed E-state index contributed by atoms with van der Waals surface area (Å²) in [6.07, 6.45) is 4.82. The summed E-state index contributed by atoms with van der Waals surface area (Å²) in [4.78, 5) is 3.04. The van der Waals surface area contributed by atoms with E-state index in [1.165, 1.54) is 34.6 Å². The van der Waals surface area contributed by atoms with Gasteiger partial charge >= 0.3 is 0 Å². The molecule has 1 N–H and O–H groups in total. The van der Waals surface area contributed by atoms with E-state index in [-0.39, 0.29) is 0 Å². The number of hydrogen-bond acceptors (Lipinski definition) is 2. The van der Waals surface area contributed by atoms with Gasteiger partial charge in [-0.1, -0.05) is 44.2 Å². The average Bonchev–Trinajstić information content (AvgIpc) is 2.95. The van der Waals surface area contributed by atoms with Crippen molar-refractivity contribution in [1.82, 2.24) is 5.32 Å². The highest BCUT2D eigenvalue weighted by Gasteiger charge is 2.09. The first-order valence-electron chi connectivity index (χ1n) is 7.69. The maximum absolute atomic E-state index is 3.60. The predicted octanol–water partition coefficient (Wildman–Crippen LogP) is 4.98. The largest absolute Gasteiger partial charge is 0.310 e. The Bertz CT molecular complexity index is 489. The summed E-state index contributed by atoms with van der Waals surface area (Å²) >= 11 is 1.97. The Balaban J connectivity index is 1.86. The van der Waals surface area contributed by atoms with Gasteiger partial charge in [-0.05, 0) is 49.9 Å². The van der Waals surface area contributed by atoms with Gasteiger partial charge < -0.3 is 5.32 Å². The molecule has 0 aliphatic rings. The molecule has 0 amide bonds. The van der Waals surface area contributed by atoms with Gasteiger partial charge in [-0.15, -0.1) is 11.3 Å². The second-order valence-electron chi connectivity index (χ2n) is 5.13. The number of aryl methyl sites for hydroxylation is 2. The fourth-order valence-electron chi connectivity index (χ4n) is 2.55. The number of nitrogens with one attached hydrogen (secondary N) is 1. The third-order valence-electron chi connectivity index (χ3n) is 3.63. The van der Waals surface area contributed by atoms with Crippen molar-refractivity contribution in [3.05, 3.63) is 57.8 Å². The lowest BCUT2D eigenvalue weighted by molar-refractivity contribution is 0.499. The van der Waals surface area contributed by atoms with Crippen LogP contribution in [-0.4, -0.2) is 6.54 Å². The number of rotatable bonds is 8. The fourth-order valence-corrected chi connectivity index (χ4v) is 3.55. The van der Waals surface area contributed by atoms with Gasteiger partial charge in [-0.3, -0.25) is 0 Å². The van der Waals surface area contributed by atoms with Crippen molar-refractivity contribution in [1.29, 1.82) is 0 Å². The van der Waals surface area contributed by atoms with E-state index in [1.54, 1.807) is 0 Å². The van der Waals surface area contributed by atoms with E-state index in [0.717, 1.165) is 13.0 Å². The minimum Gasteiger partial charge on any atom is -0.310 e. The smallest absolute Gasteiger partial charge is 0.0320 e. The molecule has 0 bridgehead atoms. The van der Waals surface area contributed by atoms with Gasteiger partial charge in [-0.2, -0.15) is 0 Å². The summed E-state index contributed by atoms with van der Waals surface area (Å²) < 4.78 is 0. The van der Waals surface area contributed by atoms with Gasteiger partial charge in [0.05, 0.1) is 0 Å². The molecule has 2 heteroatoms. The average molecular weight is 287 g/mol. The van der Waals surface area contributed by atoms with Crippen LogP contribution in [0.4, 0.5) is 0 Å². The number of thiophene rings is 1. The monoisotopic (exact) mass is 287 g/mol. The van der Waals surface area contributed by atoms with Gasteiger partial charge in [-0.25, -0.2) is 0 Å². The van der Waals surface area contributed by atoms with Crippen LogP contribution in [0.3, 0.4) is 0 Å². The maximum atomic E-state index is 3.60. The minimum atomic E-state index is 0.492. The molecular weight excluding hydrogens is 262 g/mol. The predicted molar refractivity (Wildman–Crippen MR) is 89.5 cm³/mol. The van der Waals surface area contributed by atoms with Crippen molar-refractivity contribution in [2.45, 2.75) is 45.6 Å². The van der Waals surface area contributed by atoms with Crippen molar-refractivity contribution < 1.29 is 0 Å². The molecule has 1 nitrogen and oxygen atoms in total. The third-order valence-corrected chi connectivity index (χ3v) is 4.92. The van der Waals surface area contributed by atoms with Gasteiger partial charge in [0.2, 0.25) is 0 Å². The highest BCUT2D eigenvalue weighted by Crippen LogP contribution is 2.22. The molecule has 0 aliphatic carbocycles. The number of hydrogen-bond donors (Lipinski definition) is 1. The molecule has 1 aromatic heterocycles. The normalized spacial score (nSPS) is 12.5. The van der Waals surface area contributed by atoms with Crippen LogP contribution in [0, 0.1) is 0 Å². The Morgan fingerprint density at radius 1 is 1.00 bits per heavy atom. The lowest BCUT2D eigenvalue weighted by Crippen LogP contribution is -2.20. The van der Waals surface area contributed by atoms with Gasteiger partial charge in [0.25, 0.3) is 0 Å². The first-order chi connectivity index (χ1) is 9.83. The van der Waals surface area contributed by atoms with Gasteiger partial charge in [0, 0.05) is 15.8 Å². The summed E-state index contributed by atoms with van der Waals surface area (Å²) in [6.45, 7) is 5.44. The Morgan fingerprint density at radius 2 is 1.75 bits per heavy atom. The Hall–Kier alpha value is -1.12. The van der Waals surface area contributed by atoms with Crippen LogP contribution >= 0.6 is 11.3 Å². The molecular formula is C18H25NS. The summed E-state index contributed by atoms with van der Waals surface area (Å²) in [5, 5.41) is 3.60. The van der Waals surface area contributed by atoms with Crippen molar-refractivity contribution in [2.75, 3.05) is 6.54 Å². The van der Waals surface area contributed by atoms with E-state index in [1.807, 2.05) is 11.3 Å². The Labute approximate surface area is 127 Å². The maximum Gasteiger partial charge on any atom is 0.0320 e. The molecule has 20 heavy (non-hydrogen) atoms. The molecule has 1 heterocycles. The van der Waals surface area contributed by atoms with Crippen LogP contribution in [0.25, 0.3) is 0 Å². The number of benzene rings is 1. The second kappa shape index (κ2) is 8.23. The molecule has 1 atom stereocenters. The minimum absolute atomic E-state index is 0.492. The zero-order chi connectivity index (χ0) is 14.2. The first-order valence-corrected chi connectivity index (χ1v) is 8.51. The summed E-state index contributed by atoms with van der Waals surface area (Å²) in [6, 6.07) is 15.9. The molecule has 0 spiro atoms. The molecule has 0 fully saturated rings. The van der Waals surface area contributed by atoms with Crippen molar-refractivity contribution in [3.8, 4) is 0 Å². The molecule has 1 unspecified atom stereocenters. The van der Waals surface area contributed by atoms with Gasteiger partial charge in [0.15, 0.2) is 0 Å². The quantitative estimate of drug-likeness (QED) is 0.721. The first kappa shape index (κ1) is 15.3. The molecule has 2 rings (SSSR count). The van der Waals surface area contributed by atoms with Crippen molar-refractivity contribution in [2.24, 2.45) is 0 Å². The molecule has 0 aliphatic heterocycles. The lowest BCUT2D eigenvalue weighted by atomic mass is 10.0. The van der Waals surface area contributed by atoms with Crippen LogP contribution in [0.5, 0.6) is 0 Å². The highest BCUT2D eigenvalue weighted by molar-refractivity contribution is 7.11. The van der Waals surface area contributed by atoms with Crippen molar-refractivity contribution >= 4 is 11.3 Å². The van der Waals surface area contributed by atoms with Crippen LogP contribution in [0.2, 0.25) is 0 Å². The molecule has 0 saturated heterocycles. The molecule has 0 radical (unpaired) electrons. The molecule has 108 valence electrons. The zero-order valence-corrected chi connectivity index (χ0v) is 13.4.